The smallest absolute Gasteiger partial charge is 0.201 e. The third-order valence-corrected chi connectivity index (χ3v) is 4.17. The predicted molar refractivity (Wildman–Crippen MR) is 93.5 cm³/mol. The van der Waals surface area contributed by atoms with Crippen molar-refractivity contribution >= 4 is 28.0 Å². The quantitative estimate of drug-likeness (QED) is 0.600. The van der Waals surface area contributed by atoms with Crippen LogP contribution in [0.5, 0.6) is 0 Å². The summed E-state index contributed by atoms with van der Waals surface area (Å²) in [4.78, 5) is 13.0. The van der Waals surface area contributed by atoms with Crippen LogP contribution < -0.4 is 5.43 Å². The molecule has 0 aliphatic carbocycles. The molecule has 1 heterocycles. The topological polar surface area (TPSA) is 30.2 Å². The van der Waals surface area contributed by atoms with Gasteiger partial charge in [-0.15, -0.1) is 0 Å². The molecule has 2 aromatic carbocycles. The Morgan fingerprint density at radius 2 is 1.91 bits per heavy atom. The van der Waals surface area contributed by atoms with Crippen LogP contribution in [0.15, 0.2) is 39.6 Å². The van der Waals surface area contributed by atoms with E-state index in [2.05, 4.69) is 26.0 Å². The number of rotatable bonds is 2. The summed E-state index contributed by atoms with van der Waals surface area (Å²) in [6.45, 7) is 8.15. The lowest BCUT2D eigenvalue weighted by atomic mass is 9.98. The van der Waals surface area contributed by atoms with Crippen LogP contribution in [0.3, 0.4) is 0 Å². The van der Waals surface area contributed by atoms with Gasteiger partial charge in [-0.3, -0.25) is 4.79 Å². The summed E-state index contributed by atoms with van der Waals surface area (Å²) in [5.41, 5.74) is 5.62. The zero-order chi connectivity index (χ0) is 15.9. The standard InChI is InChI=1S/C20H20O2/c1-5-6-7-15-11-13(3)14(4)20-18(15)19(21)16-9-8-12(2)10-17(16)22-20/h6-11H,5H2,1-4H3. The molecule has 0 saturated heterocycles. The van der Waals surface area contributed by atoms with Gasteiger partial charge in [0.15, 0.2) is 0 Å². The molecule has 0 bridgehead atoms. The van der Waals surface area contributed by atoms with Crippen molar-refractivity contribution in [3.63, 3.8) is 0 Å². The summed E-state index contributed by atoms with van der Waals surface area (Å²) in [5, 5.41) is 1.33. The molecule has 0 fully saturated rings. The van der Waals surface area contributed by atoms with E-state index in [-0.39, 0.29) is 5.43 Å². The van der Waals surface area contributed by atoms with Crippen molar-refractivity contribution < 1.29 is 4.42 Å². The fraction of sp³-hybridized carbons (Fsp3) is 0.250. The molecule has 0 radical (unpaired) electrons. The molecular formula is C20H20O2. The molecule has 0 aliphatic rings. The first-order valence-electron chi connectivity index (χ1n) is 7.67. The highest BCUT2D eigenvalue weighted by Crippen LogP contribution is 2.28. The van der Waals surface area contributed by atoms with Gasteiger partial charge in [0, 0.05) is 0 Å². The largest absolute Gasteiger partial charge is 0.455 e. The lowest BCUT2D eigenvalue weighted by molar-refractivity contribution is 0.655. The monoisotopic (exact) mass is 292 g/mol. The van der Waals surface area contributed by atoms with Gasteiger partial charge in [0.25, 0.3) is 0 Å². The maximum Gasteiger partial charge on any atom is 0.201 e. The SMILES string of the molecule is CCC=Cc1cc(C)c(C)c2oc3cc(C)ccc3c(=O)c12. The highest BCUT2D eigenvalue weighted by Gasteiger charge is 2.14. The molecule has 0 amide bonds. The van der Waals surface area contributed by atoms with Crippen molar-refractivity contribution in [2.45, 2.75) is 34.1 Å². The molecule has 0 N–H and O–H groups in total. The van der Waals surface area contributed by atoms with Crippen molar-refractivity contribution in [2.24, 2.45) is 0 Å². The zero-order valence-electron chi connectivity index (χ0n) is 13.5. The van der Waals surface area contributed by atoms with Crippen molar-refractivity contribution in [3.05, 3.63) is 62.8 Å². The molecule has 0 unspecified atom stereocenters. The molecule has 3 aromatic rings. The van der Waals surface area contributed by atoms with E-state index in [1.165, 1.54) is 0 Å². The summed E-state index contributed by atoms with van der Waals surface area (Å²) < 4.78 is 6.11. The van der Waals surface area contributed by atoms with Crippen molar-refractivity contribution in [2.75, 3.05) is 0 Å². The fourth-order valence-electron chi connectivity index (χ4n) is 2.80. The third-order valence-electron chi connectivity index (χ3n) is 4.17. The Bertz CT molecular complexity index is 959. The van der Waals surface area contributed by atoms with Gasteiger partial charge in [0.2, 0.25) is 5.43 Å². The van der Waals surface area contributed by atoms with E-state index in [0.29, 0.717) is 21.9 Å². The second-order valence-corrected chi connectivity index (χ2v) is 5.85. The van der Waals surface area contributed by atoms with Crippen molar-refractivity contribution in [1.82, 2.24) is 0 Å². The molecule has 2 nitrogen and oxygen atoms in total. The summed E-state index contributed by atoms with van der Waals surface area (Å²) in [5.74, 6) is 0. The first kappa shape index (κ1) is 14.6. The number of hydrogen-bond acceptors (Lipinski definition) is 2. The molecule has 2 heteroatoms. The normalized spacial score (nSPS) is 11.8. The lowest BCUT2D eigenvalue weighted by Crippen LogP contribution is -2.05. The Balaban J connectivity index is 2.54. The first-order chi connectivity index (χ1) is 10.5. The molecule has 0 saturated carbocycles. The Hall–Kier alpha value is -2.35. The second kappa shape index (κ2) is 5.45. The van der Waals surface area contributed by atoms with Gasteiger partial charge in [-0.1, -0.05) is 31.2 Å². The molecule has 0 atom stereocenters. The minimum Gasteiger partial charge on any atom is -0.455 e. The van der Waals surface area contributed by atoms with Crippen molar-refractivity contribution in [1.29, 1.82) is 0 Å². The number of allylic oxidation sites excluding steroid dienone is 1. The van der Waals surface area contributed by atoms with E-state index in [4.69, 9.17) is 4.42 Å². The van der Waals surface area contributed by atoms with E-state index in [1.54, 1.807) is 0 Å². The lowest BCUT2D eigenvalue weighted by Gasteiger charge is -2.10. The summed E-state index contributed by atoms with van der Waals surface area (Å²) in [7, 11) is 0. The van der Waals surface area contributed by atoms with Gasteiger partial charge in [-0.25, -0.2) is 0 Å². The van der Waals surface area contributed by atoms with Gasteiger partial charge in [-0.2, -0.15) is 0 Å². The predicted octanol–water partition coefficient (Wildman–Crippen LogP) is 5.29. The van der Waals surface area contributed by atoms with E-state index in [9.17, 15) is 4.79 Å². The molecule has 112 valence electrons. The van der Waals surface area contributed by atoms with Crippen LogP contribution in [0, 0.1) is 20.8 Å². The van der Waals surface area contributed by atoms with E-state index < -0.39 is 0 Å². The molecular weight excluding hydrogens is 272 g/mol. The van der Waals surface area contributed by atoms with Crippen LogP contribution in [0.2, 0.25) is 0 Å². The number of hydrogen-bond donors (Lipinski definition) is 0. The zero-order valence-corrected chi connectivity index (χ0v) is 13.5. The number of benzene rings is 2. The minimum atomic E-state index is 0.0510. The summed E-state index contributed by atoms with van der Waals surface area (Å²) in [6.07, 6.45) is 5.03. The van der Waals surface area contributed by atoms with E-state index in [0.717, 1.165) is 28.7 Å². The third kappa shape index (κ3) is 2.25. The van der Waals surface area contributed by atoms with Crippen LogP contribution in [0.4, 0.5) is 0 Å². The summed E-state index contributed by atoms with van der Waals surface area (Å²) >= 11 is 0. The molecule has 3 rings (SSSR count). The average molecular weight is 292 g/mol. The van der Waals surface area contributed by atoms with Crippen LogP contribution in [-0.2, 0) is 0 Å². The van der Waals surface area contributed by atoms with E-state index in [1.807, 2.05) is 38.1 Å². The highest BCUT2D eigenvalue weighted by molar-refractivity contribution is 5.96. The first-order valence-corrected chi connectivity index (χ1v) is 7.67. The van der Waals surface area contributed by atoms with Crippen LogP contribution in [0.1, 0.15) is 35.6 Å². The molecule has 22 heavy (non-hydrogen) atoms. The highest BCUT2D eigenvalue weighted by atomic mass is 16.3. The molecule has 0 aliphatic heterocycles. The van der Waals surface area contributed by atoms with Crippen LogP contribution in [-0.4, -0.2) is 0 Å². The fourth-order valence-corrected chi connectivity index (χ4v) is 2.80. The van der Waals surface area contributed by atoms with Gasteiger partial charge in [-0.05, 0) is 61.6 Å². The Kier molecular flexibility index (Phi) is 3.61. The Morgan fingerprint density at radius 3 is 2.64 bits per heavy atom. The average Bonchev–Trinajstić information content (AvgIpc) is 2.49. The Morgan fingerprint density at radius 1 is 1.14 bits per heavy atom. The van der Waals surface area contributed by atoms with Crippen LogP contribution in [0.25, 0.3) is 28.0 Å². The van der Waals surface area contributed by atoms with Crippen LogP contribution >= 0.6 is 0 Å². The molecule has 1 aromatic heterocycles. The minimum absolute atomic E-state index is 0.0510. The number of fused-ring (bicyclic) bond motifs is 2. The Labute approximate surface area is 130 Å². The second-order valence-electron chi connectivity index (χ2n) is 5.85. The maximum absolute atomic E-state index is 13.0. The summed E-state index contributed by atoms with van der Waals surface area (Å²) in [6, 6.07) is 7.81. The number of aryl methyl sites for hydroxylation is 3. The van der Waals surface area contributed by atoms with Gasteiger partial charge >= 0.3 is 0 Å². The van der Waals surface area contributed by atoms with E-state index >= 15 is 0 Å². The maximum atomic E-state index is 13.0. The van der Waals surface area contributed by atoms with Gasteiger partial charge in [0.1, 0.15) is 11.2 Å². The van der Waals surface area contributed by atoms with Crippen molar-refractivity contribution in [3.8, 4) is 0 Å². The van der Waals surface area contributed by atoms with Gasteiger partial charge < -0.3 is 4.42 Å². The molecule has 0 spiro atoms. The van der Waals surface area contributed by atoms with Gasteiger partial charge in [0.05, 0.1) is 10.8 Å².